The Morgan fingerprint density at radius 2 is 1.76 bits per heavy atom. The minimum absolute atomic E-state index is 0.200. The van der Waals surface area contributed by atoms with Gasteiger partial charge in [0.15, 0.2) is 0 Å². The van der Waals surface area contributed by atoms with Crippen molar-refractivity contribution in [2.24, 2.45) is 0 Å². The molecule has 3 unspecified atom stereocenters. The first-order chi connectivity index (χ1) is 10.2. The summed E-state index contributed by atoms with van der Waals surface area (Å²) < 4.78 is 0. The zero-order valence-electron chi connectivity index (χ0n) is 12.7. The Morgan fingerprint density at radius 1 is 1.05 bits per heavy atom. The van der Waals surface area contributed by atoms with Crippen molar-refractivity contribution in [3.05, 3.63) is 66.0 Å². The van der Waals surface area contributed by atoms with Crippen molar-refractivity contribution in [3.8, 4) is 0 Å². The summed E-state index contributed by atoms with van der Waals surface area (Å²) in [5.74, 6) is 0.303. The normalized spacial score (nSPS) is 15.4. The van der Waals surface area contributed by atoms with Gasteiger partial charge in [0.25, 0.3) is 0 Å². The summed E-state index contributed by atoms with van der Waals surface area (Å²) >= 11 is 0. The number of pyridine rings is 1. The molecule has 0 saturated carbocycles. The van der Waals surface area contributed by atoms with E-state index in [2.05, 4.69) is 29.4 Å². The average Bonchev–Trinajstić information content (AvgIpc) is 2.52. The first kappa shape index (κ1) is 15.7. The SMILES string of the molecule is CC(O)CC(CNC(C)c1ccccn1)c1ccccc1. The molecule has 0 aliphatic heterocycles. The Balaban J connectivity index is 1.99. The van der Waals surface area contributed by atoms with E-state index in [4.69, 9.17) is 0 Å². The van der Waals surface area contributed by atoms with Crippen LogP contribution in [0.1, 0.15) is 43.5 Å². The number of benzene rings is 1. The van der Waals surface area contributed by atoms with Gasteiger partial charge < -0.3 is 10.4 Å². The van der Waals surface area contributed by atoms with Crippen LogP contribution in [0.2, 0.25) is 0 Å². The summed E-state index contributed by atoms with van der Waals surface area (Å²) in [7, 11) is 0. The molecule has 0 amide bonds. The Hall–Kier alpha value is -1.71. The molecule has 0 bridgehead atoms. The van der Waals surface area contributed by atoms with Gasteiger partial charge in [0.1, 0.15) is 0 Å². The number of aliphatic hydroxyl groups excluding tert-OH is 1. The summed E-state index contributed by atoms with van der Waals surface area (Å²) in [6.07, 6.45) is 2.27. The van der Waals surface area contributed by atoms with Crippen LogP contribution < -0.4 is 5.32 Å². The molecule has 1 heterocycles. The van der Waals surface area contributed by atoms with Gasteiger partial charge in [-0.25, -0.2) is 0 Å². The maximum atomic E-state index is 9.73. The highest BCUT2D eigenvalue weighted by molar-refractivity contribution is 5.20. The van der Waals surface area contributed by atoms with Crippen LogP contribution in [0.3, 0.4) is 0 Å². The fraction of sp³-hybridized carbons (Fsp3) is 0.389. The van der Waals surface area contributed by atoms with Crippen molar-refractivity contribution in [3.63, 3.8) is 0 Å². The van der Waals surface area contributed by atoms with E-state index in [0.29, 0.717) is 5.92 Å². The second-order valence-electron chi connectivity index (χ2n) is 5.58. The minimum Gasteiger partial charge on any atom is -0.393 e. The molecule has 2 aromatic rings. The van der Waals surface area contributed by atoms with Crippen LogP contribution >= 0.6 is 0 Å². The van der Waals surface area contributed by atoms with Crippen LogP contribution in [0.5, 0.6) is 0 Å². The molecule has 3 heteroatoms. The van der Waals surface area contributed by atoms with E-state index < -0.39 is 0 Å². The summed E-state index contributed by atoms with van der Waals surface area (Å²) in [5.41, 5.74) is 2.31. The molecule has 0 saturated heterocycles. The second kappa shape index (κ2) is 7.91. The lowest BCUT2D eigenvalue weighted by Gasteiger charge is -2.22. The van der Waals surface area contributed by atoms with Crippen LogP contribution in [0, 0.1) is 0 Å². The fourth-order valence-corrected chi connectivity index (χ4v) is 2.53. The molecule has 2 N–H and O–H groups in total. The number of nitrogens with one attached hydrogen (secondary N) is 1. The third-order valence-electron chi connectivity index (χ3n) is 3.70. The maximum Gasteiger partial charge on any atom is 0.0570 e. The van der Waals surface area contributed by atoms with Gasteiger partial charge in [0, 0.05) is 18.8 Å². The monoisotopic (exact) mass is 284 g/mol. The van der Waals surface area contributed by atoms with Crippen LogP contribution in [-0.2, 0) is 0 Å². The highest BCUT2D eigenvalue weighted by atomic mass is 16.3. The summed E-state index contributed by atoms with van der Waals surface area (Å²) in [5, 5.41) is 13.3. The van der Waals surface area contributed by atoms with Crippen LogP contribution in [-0.4, -0.2) is 22.7 Å². The van der Waals surface area contributed by atoms with Gasteiger partial charge in [0.2, 0.25) is 0 Å². The van der Waals surface area contributed by atoms with Crippen molar-refractivity contribution in [2.75, 3.05) is 6.54 Å². The van der Waals surface area contributed by atoms with E-state index in [1.165, 1.54) is 5.56 Å². The van der Waals surface area contributed by atoms with Crippen LogP contribution in [0.15, 0.2) is 54.7 Å². The Kier molecular flexibility index (Phi) is 5.90. The van der Waals surface area contributed by atoms with Gasteiger partial charge in [-0.2, -0.15) is 0 Å². The molecular formula is C18H24N2O. The number of aromatic nitrogens is 1. The lowest BCUT2D eigenvalue weighted by atomic mass is 9.93. The zero-order chi connectivity index (χ0) is 15.1. The van der Waals surface area contributed by atoms with Crippen LogP contribution in [0.25, 0.3) is 0 Å². The molecule has 112 valence electrons. The predicted molar refractivity (Wildman–Crippen MR) is 86.1 cm³/mol. The molecule has 0 spiro atoms. The highest BCUT2D eigenvalue weighted by Crippen LogP contribution is 2.21. The van der Waals surface area contributed by atoms with Gasteiger partial charge >= 0.3 is 0 Å². The van der Waals surface area contributed by atoms with E-state index in [1.54, 1.807) is 0 Å². The number of hydrogen-bond donors (Lipinski definition) is 2. The molecule has 1 aromatic heterocycles. The summed E-state index contributed by atoms with van der Waals surface area (Å²) in [6.45, 7) is 4.79. The van der Waals surface area contributed by atoms with E-state index in [-0.39, 0.29) is 12.1 Å². The number of rotatable bonds is 7. The Morgan fingerprint density at radius 3 is 2.38 bits per heavy atom. The van der Waals surface area contributed by atoms with Crippen molar-refractivity contribution in [1.29, 1.82) is 0 Å². The number of nitrogens with zero attached hydrogens (tertiary/aromatic N) is 1. The van der Waals surface area contributed by atoms with Gasteiger partial charge in [-0.15, -0.1) is 0 Å². The Bertz CT molecular complexity index is 513. The van der Waals surface area contributed by atoms with Crippen molar-refractivity contribution in [2.45, 2.75) is 38.3 Å². The molecule has 0 radical (unpaired) electrons. The van der Waals surface area contributed by atoms with Crippen molar-refractivity contribution >= 4 is 0 Å². The molecule has 1 aromatic carbocycles. The lowest BCUT2D eigenvalue weighted by Crippen LogP contribution is -2.27. The van der Waals surface area contributed by atoms with Crippen LogP contribution in [0.4, 0.5) is 0 Å². The first-order valence-corrected chi connectivity index (χ1v) is 7.54. The lowest BCUT2D eigenvalue weighted by molar-refractivity contribution is 0.173. The number of aliphatic hydroxyl groups is 1. The van der Waals surface area contributed by atoms with Gasteiger partial charge in [-0.1, -0.05) is 36.4 Å². The van der Waals surface area contributed by atoms with Gasteiger partial charge in [-0.05, 0) is 43.9 Å². The topological polar surface area (TPSA) is 45.1 Å². The quantitative estimate of drug-likeness (QED) is 0.820. The summed E-state index contributed by atoms with van der Waals surface area (Å²) in [4.78, 5) is 4.38. The average molecular weight is 284 g/mol. The molecule has 2 rings (SSSR count). The first-order valence-electron chi connectivity index (χ1n) is 7.54. The highest BCUT2D eigenvalue weighted by Gasteiger charge is 2.15. The molecule has 21 heavy (non-hydrogen) atoms. The molecule has 0 fully saturated rings. The maximum absolute atomic E-state index is 9.73. The van der Waals surface area contributed by atoms with Gasteiger partial charge in [-0.3, -0.25) is 4.98 Å². The smallest absolute Gasteiger partial charge is 0.0570 e. The van der Waals surface area contributed by atoms with E-state index >= 15 is 0 Å². The van der Waals surface area contributed by atoms with Gasteiger partial charge in [0.05, 0.1) is 11.8 Å². The third kappa shape index (κ3) is 4.96. The third-order valence-corrected chi connectivity index (χ3v) is 3.70. The standard InChI is InChI=1S/C18H24N2O/c1-14(21)12-17(16-8-4-3-5-9-16)13-20-15(2)18-10-6-7-11-19-18/h3-11,14-15,17,20-21H,12-13H2,1-2H3. The molecular weight excluding hydrogens is 260 g/mol. The number of hydrogen-bond acceptors (Lipinski definition) is 3. The molecule has 3 nitrogen and oxygen atoms in total. The van der Waals surface area contributed by atoms with E-state index in [1.807, 2.05) is 49.5 Å². The van der Waals surface area contributed by atoms with E-state index in [9.17, 15) is 5.11 Å². The minimum atomic E-state index is -0.304. The Labute approximate surface area is 127 Å². The molecule has 3 atom stereocenters. The fourth-order valence-electron chi connectivity index (χ4n) is 2.53. The second-order valence-corrected chi connectivity index (χ2v) is 5.58. The zero-order valence-corrected chi connectivity index (χ0v) is 12.7. The molecule has 0 aliphatic carbocycles. The molecule has 0 aliphatic rings. The van der Waals surface area contributed by atoms with Crippen molar-refractivity contribution < 1.29 is 5.11 Å². The largest absolute Gasteiger partial charge is 0.393 e. The van der Waals surface area contributed by atoms with E-state index in [0.717, 1.165) is 18.7 Å². The summed E-state index contributed by atoms with van der Waals surface area (Å²) in [6, 6.07) is 16.5. The van der Waals surface area contributed by atoms with Crippen molar-refractivity contribution in [1.82, 2.24) is 10.3 Å². The predicted octanol–water partition coefficient (Wildman–Crippen LogP) is 3.29.